The first-order valence-corrected chi connectivity index (χ1v) is 6.36. The van der Waals surface area contributed by atoms with Crippen LogP contribution in [0.3, 0.4) is 0 Å². The van der Waals surface area contributed by atoms with Crippen molar-refractivity contribution < 1.29 is 14.1 Å². The molecule has 1 aliphatic carbocycles. The van der Waals surface area contributed by atoms with Gasteiger partial charge in [0, 0.05) is 11.1 Å². The van der Waals surface area contributed by atoms with Crippen LogP contribution in [-0.4, -0.2) is 26.1 Å². The van der Waals surface area contributed by atoms with Gasteiger partial charge in [-0.05, 0) is 16.6 Å². The van der Waals surface area contributed by atoms with Gasteiger partial charge in [0.2, 0.25) is 0 Å². The standard InChI is InChI=1S/C15H11BO3/c17-15-13-4-2-1-3-11(13)12-6-5-10(9-14(12)15)16-18-7-8-19-16/h1-6,9H,7-8H2. The lowest BCUT2D eigenvalue weighted by Gasteiger charge is -2.06. The highest BCUT2D eigenvalue weighted by molar-refractivity contribution is 6.62. The number of hydrogen-bond acceptors (Lipinski definition) is 3. The molecule has 0 aromatic heterocycles. The summed E-state index contributed by atoms with van der Waals surface area (Å²) in [5, 5.41) is 0. The summed E-state index contributed by atoms with van der Waals surface area (Å²) in [4.78, 5) is 12.4. The quantitative estimate of drug-likeness (QED) is 0.616. The van der Waals surface area contributed by atoms with Crippen molar-refractivity contribution in [3.05, 3.63) is 53.6 Å². The van der Waals surface area contributed by atoms with Crippen LogP contribution >= 0.6 is 0 Å². The van der Waals surface area contributed by atoms with Gasteiger partial charge in [-0.15, -0.1) is 0 Å². The number of fused-ring (bicyclic) bond motifs is 3. The molecule has 0 radical (unpaired) electrons. The van der Waals surface area contributed by atoms with Crippen molar-refractivity contribution in [2.24, 2.45) is 0 Å². The van der Waals surface area contributed by atoms with Gasteiger partial charge in [-0.1, -0.05) is 42.5 Å². The molecule has 4 heteroatoms. The van der Waals surface area contributed by atoms with Crippen LogP contribution in [0.2, 0.25) is 0 Å². The second-order valence-corrected chi connectivity index (χ2v) is 4.75. The summed E-state index contributed by atoms with van der Waals surface area (Å²) in [6.45, 7) is 1.21. The number of rotatable bonds is 1. The van der Waals surface area contributed by atoms with Crippen LogP contribution in [0.15, 0.2) is 42.5 Å². The van der Waals surface area contributed by atoms with Gasteiger partial charge in [-0.2, -0.15) is 0 Å². The number of benzene rings is 2. The molecule has 0 bridgehead atoms. The topological polar surface area (TPSA) is 35.5 Å². The third-order valence-corrected chi connectivity index (χ3v) is 3.64. The lowest BCUT2D eigenvalue weighted by atomic mass is 9.78. The molecule has 1 aliphatic heterocycles. The van der Waals surface area contributed by atoms with Crippen molar-refractivity contribution in [2.45, 2.75) is 0 Å². The van der Waals surface area contributed by atoms with E-state index in [1.165, 1.54) is 0 Å². The molecule has 0 N–H and O–H groups in total. The zero-order valence-electron chi connectivity index (χ0n) is 10.3. The van der Waals surface area contributed by atoms with Crippen LogP contribution in [0.1, 0.15) is 15.9 Å². The number of ketones is 1. The number of carbonyl (C=O) groups is 1. The Kier molecular flexibility index (Phi) is 2.34. The molecule has 4 rings (SSSR count). The predicted molar refractivity (Wildman–Crippen MR) is 72.6 cm³/mol. The van der Waals surface area contributed by atoms with Crippen LogP contribution in [0.5, 0.6) is 0 Å². The normalized spacial score (nSPS) is 16.6. The van der Waals surface area contributed by atoms with Crippen LogP contribution in [0.4, 0.5) is 0 Å². The van der Waals surface area contributed by atoms with E-state index in [1.807, 2.05) is 42.5 Å². The maximum absolute atomic E-state index is 12.4. The fourth-order valence-electron chi connectivity index (χ4n) is 2.74. The molecular weight excluding hydrogens is 239 g/mol. The van der Waals surface area contributed by atoms with Gasteiger partial charge in [0.25, 0.3) is 0 Å². The summed E-state index contributed by atoms with van der Waals surface area (Å²) >= 11 is 0. The van der Waals surface area contributed by atoms with E-state index in [0.717, 1.165) is 27.7 Å². The van der Waals surface area contributed by atoms with Gasteiger partial charge < -0.3 is 9.31 Å². The minimum absolute atomic E-state index is 0.0884. The Morgan fingerprint density at radius 2 is 1.53 bits per heavy atom. The second kappa shape index (κ2) is 4.05. The van der Waals surface area contributed by atoms with Gasteiger partial charge in [0.15, 0.2) is 5.78 Å². The van der Waals surface area contributed by atoms with E-state index in [-0.39, 0.29) is 12.9 Å². The van der Waals surface area contributed by atoms with Crippen molar-refractivity contribution in [3.63, 3.8) is 0 Å². The fraction of sp³-hybridized carbons (Fsp3) is 0.133. The van der Waals surface area contributed by atoms with Gasteiger partial charge in [0.05, 0.1) is 13.2 Å². The summed E-state index contributed by atoms with van der Waals surface area (Å²) < 4.78 is 11.0. The Bertz CT molecular complexity index is 675. The molecule has 92 valence electrons. The molecule has 2 aromatic carbocycles. The maximum Gasteiger partial charge on any atom is 0.494 e. The highest BCUT2D eigenvalue weighted by Gasteiger charge is 2.31. The van der Waals surface area contributed by atoms with E-state index in [2.05, 4.69) is 0 Å². The van der Waals surface area contributed by atoms with Crippen molar-refractivity contribution in [1.29, 1.82) is 0 Å². The molecular formula is C15H11BO3. The Hall–Kier alpha value is -1.91. The molecule has 3 nitrogen and oxygen atoms in total. The smallest absolute Gasteiger partial charge is 0.405 e. The first-order valence-electron chi connectivity index (χ1n) is 6.36. The lowest BCUT2D eigenvalue weighted by molar-refractivity contribution is 0.104. The van der Waals surface area contributed by atoms with Gasteiger partial charge >= 0.3 is 7.12 Å². The summed E-state index contributed by atoms with van der Waals surface area (Å²) in [6, 6.07) is 13.6. The summed E-state index contributed by atoms with van der Waals surface area (Å²) in [7, 11) is -0.332. The highest BCUT2D eigenvalue weighted by Crippen LogP contribution is 2.35. The van der Waals surface area contributed by atoms with E-state index < -0.39 is 0 Å². The molecule has 19 heavy (non-hydrogen) atoms. The van der Waals surface area contributed by atoms with Crippen molar-refractivity contribution in [3.8, 4) is 11.1 Å². The average Bonchev–Trinajstić information content (AvgIpc) is 3.08. The number of hydrogen-bond donors (Lipinski definition) is 0. The van der Waals surface area contributed by atoms with E-state index in [0.29, 0.717) is 13.2 Å². The van der Waals surface area contributed by atoms with Crippen LogP contribution < -0.4 is 5.46 Å². The van der Waals surface area contributed by atoms with E-state index in [9.17, 15) is 4.79 Å². The molecule has 0 unspecified atom stereocenters. The summed E-state index contributed by atoms with van der Waals surface area (Å²) in [6.07, 6.45) is 0. The molecule has 0 saturated carbocycles. The highest BCUT2D eigenvalue weighted by atomic mass is 16.6. The predicted octanol–water partition coefficient (Wildman–Crippen LogP) is 1.64. The third-order valence-electron chi connectivity index (χ3n) is 3.64. The maximum atomic E-state index is 12.4. The average molecular weight is 250 g/mol. The summed E-state index contributed by atoms with van der Waals surface area (Å²) in [5.41, 5.74) is 4.46. The second-order valence-electron chi connectivity index (χ2n) is 4.75. The molecule has 0 amide bonds. The van der Waals surface area contributed by atoms with Crippen LogP contribution in [0, 0.1) is 0 Å². The monoisotopic (exact) mass is 250 g/mol. The molecule has 2 aliphatic rings. The van der Waals surface area contributed by atoms with Crippen LogP contribution in [-0.2, 0) is 9.31 Å². The van der Waals surface area contributed by atoms with Gasteiger partial charge in [-0.3, -0.25) is 4.79 Å². The Morgan fingerprint density at radius 1 is 0.842 bits per heavy atom. The molecule has 0 spiro atoms. The molecule has 1 fully saturated rings. The van der Waals surface area contributed by atoms with Gasteiger partial charge in [0.1, 0.15) is 0 Å². The zero-order chi connectivity index (χ0) is 12.8. The molecule has 2 aromatic rings. The van der Waals surface area contributed by atoms with E-state index in [1.54, 1.807) is 0 Å². The lowest BCUT2D eigenvalue weighted by Crippen LogP contribution is -2.32. The van der Waals surface area contributed by atoms with Crippen molar-refractivity contribution >= 4 is 18.4 Å². The van der Waals surface area contributed by atoms with Crippen LogP contribution in [0.25, 0.3) is 11.1 Å². The molecule has 1 saturated heterocycles. The molecule has 0 atom stereocenters. The largest absolute Gasteiger partial charge is 0.494 e. The van der Waals surface area contributed by atoms with Crippen molar-refractivity contribution in [2.75, 3.05) is 13.2 Å². The Balaban J connectivity index is 1.84. The SMILES string of the molecule is O=C1c2ccccc2-c2ccc(B3OCCO3)cc21. The number of carbonyl (C=O) groups excluding carboxylic acids is 1. The minimum atomic E-state index is -0.332. The van der Waals surface area contributed by atoms with Gasteiger partial charge in [-0.25, -0.2) is 0 Å². The fourth-order valence-corrected chi connectivity index (χ4v) is 2.74. The first kappa shape index (κ1) is 11.0. The van der Waals surface area contributed by atoms with Crippen molar-refractivity contribution in [1.82, 2.24) is 0 Å². The van der Waals surface area contributed by atoms with E-state index in [4.69, 9.17) is 9.31 Å². The minimum Gasteiger partial charge on any atom is -0.405 e. The summed E-state index contributed by atoms with van der Waals surface area (Å²) in [5.74, 6) is 0.0884. The zero-order valence-corrected chi connectivity index (χ0v) is 10.3. The Labute approximate surface area is 111 Å². The van der Waals surface area contributed by atoms with E-state index >= 15 is 0 Å². The molecule has 1 heterocycles. The third kappa shape index (κ3) is 1.57. The first-order chi connectivity index (χ1) is 9.34. The Morgan fingerprint density at radius 3 is 2.32 bits per heavy atom.